The maximum Gasteiger partial charge on any atom is 0.407 e. The summed E-state index contributed by atoms with van der Waals surface area (Å²) in [5.41, 5.74) is 4.59. The number of pyridine rings is 1. The summed E-state index contributed by atoms with van der Waals surface area (Å²) in [7, 11) is 3.31. The number of fused-ring (bicyclic) bond motifs is 3. The summed E-state index contributed by atoms with van der Waals surface area (Å²) in [5.74, 6) is -0.266. The van der Waals surface area contributed by atoms with Crippen molar-refractivity contribution in [2.75, 3.05) is 20.3 Å². The van der Waals surface area contributed by atoms with E-state index < -0.39 is 17.4 Å². The van der Waals surface area contributed by atoms with Gasteiger partial charge in [0.1, 0.15) is 0 Å². The van der Waals surface area contributed by atoms with Crippen LogP contribution in [0.2, 0.25) is 0 Å². The molecule has 1 aliphatic heterocycles. The van der Waals surface area contributed by atoms with Crippen molar-refractivity contribution < 1.29 is 19.0 Å². The Hall–Kier alpha value is -4.31. The van der Waals surface area contributed by atoms with Crippen LogP contribution in [-0.2, 0) is 17.3 Å². The molecule has 1 N–H and O–H groups in total. The Morgan fingerprint density at radius 3 is 2.52 bits per heavy atom. The molecule has 4 heterocycles. The lowest BCUT2D eigenvalue weighted by Gasteiger charge is -2.35. The fraction of sp³-hybridized carbons (Fsp3) is 0.375. The quantitative estimate of drug-likeness (QED) is 0.258. The van der Waals surface area contributed by atoms with Crippen LogP contribution < -0.4 is 0 Å². The number of carboxylic acid groups (broad SMARTS) is 1. The van der Waals surface area contributed by atoms with Crippen molar-refractivity contribution in [2.45, 2.75) is 45.2 Å². The molecule has 10 heteroatoms. The molecule has 1 saturated heterocycles. The fourth-order valence-corrected chi connectivity index (χ4v) is 6.44. The van der Waals surface area contributed by atoms with Crippen LogP contribution in [0.1, 0.15) is 49.6 Å². The Kier molecular flexibility index (Phi) is 6.97. The number of hydrogen-bond acceptors (Lipinski definition) is 5. The molecule has 0 unspecified atom stereocenters. The lowest BCUT2D eigenvalue weighted by atomic mass is 9.86. The molecule has 0 aliphatic carbocycles. The Morgan fingerprint density at radius 2 is 1.88 bits per heavy atom. The molecular formula is C32H35FN6O3. The van der Waals surface area contributed by atoms with Crippen LogP contribution in [0, 0.1) is 18.7 Å². The van der Waals surface area contributed by atoms with Gasteiger partial charge in [-0.2, -0.15) is 0 Å². The van der Waals surface area contributed by atoms with Crippen LogP contribution >= 0.6 is 0 Å². The largest absolute Gasteiger partial charge is 0.465 e. The van der Waals surface area contributed by atoms with E-state index in [-0.39, 0.29) is 12.0 Å². The van der Waals surface area contributed by atoms with Crippen molar-refractivity contribution in [3.05, 3.63) is 77.4 Å². The highest BCUT2D eigenvalue weighted by atomic mass is 19.1. The molecule has 0 radical (unpaired) electrons. The van der Waals surface area contributed by atoms with Crippen molar-refractivity contribution in [1.29, 1.82) is 0 Å². The van der Waals surface area contributed by atoms with E-state index in [0.29, 0.717) is 35.2 Å². The van der Waals surface area contributed by atoms with Gasteiger partial charge < -0.3 is 19.3 Å². The molecule has 1 fully saturated rings. The number of benzene rings is 2. The van der Waals surface area contributed by atoms with Gasteiger partial charge in [-0.05, 0) is 51.2 Å². The lowest BCUT2D eigenvalue weighted by Crippen LogP contribution is -2.42. The molecule has 2 aromatic carbocycles. The van der Waals surface area contributed by atoms with E-state index in [9.17, 15) is 9.90 Å². The average molecular weight is 571 g/mol. The standard InChI is InChI=1S/C32H35FN6O3/c1-19-28(38(5)36-35-19)22-17-25-27(34-18-22)23-11-12-24(32(2,3)37(4)31(40)41)26(33)30(23)39(25)29(20-9-7-6-8-10-20)21-13-15-42-16-14-21/h6-12,17-18,21,29H,13-16H2,1-5H3,(H,40,41)/t29-/m1/s1. The van der Waals surface area contributed by atoms with Gasteiger partial charge >= 0.3 is 6.09 Å². The Morgan fingerprint density at radius 1 is 1.17 bits per heavy atom. The lowest BCUT2D eigenvalue weighted by molar-refractivity contribution is 0.0552. The van der Waals surface area contributed by atoms with Crippen molar-refractivity contribution in [1.82, 2.24) is 29.4 Å². The summed E-state index contributed by atoms with van der Waals surface area (Å²) in [6, 6.07) is 15.6. The molecule has 0 saturated carbocycles. The second kappa shape index (κ2) is 10.5. The Labute approximate surface area is 243 Å². The van der Waals surface area contributed by atoms with Gasteiger partial charge in [0.05, 0.1) is 39.5 Å². The summed E-state index contributed by atoms with van der Waals surface area (Å²) in [6.07, 6.45) is 2.31. The third-order valence-electron chi connectivity index (χ3n) is 8.92. The monoisotopic (exact) mass is 570 g/mol. The second-order valence-corrected chi connectivity index (χ2v) is 11.6. The van der Waals surface area contributed by atoms with Crippen LogP contribution in [-0.4, -0.2) is 60.9 Å². The van der Waals surface area contributed by atoms with E-state index in [1.54, 1.807) is 30.8 Å². The zero-order valence-corrected chi connectivity index (χ0v) is 24.5. The summed E-state index contributed by atoms with van der Waals surface area (Å²) in [6.45, 7) is 6.63. The van der Waals surface area contributed by atoms with Gasteiger partial charge in [0.2, 0.25) is 0 Å². The average Bonchev–Trinajstić information content (AvgIpc) is 3.50. The minimum Gasteiger partial charge on any atom is -0.465 e. The van der Waals surface area contributed by atoms with E-state index in [2.05, 4.69) is 33.1 Å². The Bertz CT molecular complexity index is 1770. The zero-order valence-electron chi connectivity index (χ0n) is 24.5. The van der Waals surface area contributed by atoms with Crippen molar-refractivity contribution >= 4 is 28.0 Å². The molecule has 3 aromatic heterocycles. The van der Waals surface area contributed by atoms with E-state index in [1.165, 1.54) is 7.05 Å². The van der Waals surface area contributed by atoms with Gasteiger partial charge in [0, 0.05) is 50.0 Å². The van der Waals surface area contributed by atoms with Gasteiger partial charge in [-0.15, -0.1) is 5.10 Å². The fourth-order valence-electron chi connectivity index (χ4n) is 6.44. The Balaban J connectivity index is 1.72. The summed E-state index contributed by atoms with van der Waals surface area (Å²) < 4.78 is 26.7. The number of aromatic nitrogens is 5. The molecule has 1 aliphatic rings. The minimum absolute atomic E-state index is 0.182. The van der Waals surface area contributed by atoms with Gasteiger partial charge in [0.25, 0.3) is 0 Å². The molecule has 0 spiro atoms. The number of amides is 1. The summed E-state index contributed by atoms with van der Waals surface area (Å²) in [4.78, 5) is 18.0. The minimum atomic E-state index is -1.13. The number of nitrogens with zero attached hydrogens (tertiary/aromatic N) is 6. The molecule has 1 amide bonds. The maximum absolute atomic E-state index is 17.1. The molecule has 1 atom stereocenters. The number of halogens is 1. The van der Waals surface area contributed by atoms with Crippen LogP contribution in [0.25, 0.3) is 33.2 Å². The number of rotatable bonds is 6. The van der Waals surface area contributed by atoms with Crippen molar-refractivity contribution in [2.24, 2.45) is 13.0 Å². The zero-order chi connectivity index (χ0) is 29.8. The van der Waals surface area contributed by atoms with Crippen LogP contribution in [0.5, 0.6) is 0 Å². The van der Waals surface area contributed by atoms with Gasteiger partial charge in [0.15, 0.2) is 5.82 Å². The summed E-state index contributed by atoms with van der Waals surface area (Å²) in [5, 5.41) is 18.9. The van der Waals surface area contributed by atoms with E-state index in [4.69, 9.17) is 9.72 Å². The molecule has 9 nitrogen and oxygen atoms in total. The van der Waals surface area contributed by atoms with Gasteiger partial charge in [-0.3, -0.25) is 4.98 Å². The normalized spacial score (nSPS) is 15.4. The molecule has 42 heavy (non-hydrogen) atoms. The first-order chi connectivity index (χ1) is 20.1. The second-order valence-electron chi connectivity index (χ2n) is 11.6. The van der Waals surface area contributed by atoms with E-state index in [0.717, 1.165) is 45.8 Å². The van der Waals surface area contributed by atoms with Gasteiger partial charge in [-0.25, -0.2) is 13.9 Å². The van der Waals surface area contributed by atoms with E-state index in [1.807, 2.05) is 38.2 Å². The van der Waals surface area contributed by atoms with Crippen molar-refractivity contribution in [3.63, 3.8) is 0 Å². The smallest absolute Gasteiger partial charge is 0.407 e. The third kappa shape index (κ3) is 4.41. The first kappa shape index (κ1) is 27.8. The molecule has 218 valence electrons. The highest BCUT2D eigenvalue weighted by Gasteiger charge is 2.36. The third-order valence-corrected chi connectivity index (χ3v) is 8.92. The number of aryl methyl sites for hydroxylation is 2. The first-order valence-electron chi connectivity index (χ1n) is 14.2. The number of carbonyl (C=O) groups is 1. The highest BCUT2D eigenvalue weighted by Crippen LogP contribution is 2.43. The first-order valence-corrected chi connectivity index (χ1v) is 14.2. The maximum atomic E-state index is 17.1. The molecule has 0 bridgehead atoms. The molecule has 6 rings (SSSR count). The predicted molar refractivity (Wildman–Crippen MR) is 159 cm³/mol. The summed E-state index contributed by atoms with van der Waals surface area (Å²) >= 11 is 0. The van der Waals surface area contributed by atoms with Crippen LogP contribution in [0.3, 0.4) is 0 Å². The highest BCUT2D eigenvalue weighted by molar-refractivity contribution is 6.07. The SMILES string of the molecule is Cc1nnn(C)c1-c1cnc2c3ccc(C(C)(C)N(C)C(=O)O)c(F)c3n([C@H](c3ccccc3)C3CCOCC3)c2c1. The van der Waals surface area contributed by atoms with Gasteiger partial charge in [-0.1, -0.05) is 47.7 Å². The van der Waals surface area contributed by atoms with Crippen LogP contribution in [0.15, 0.2) is 54.7 Å². The predicted octanol–water partition coefficient (Wildman–Crippen LogP) is 6.29. The van der Waals surface area contributed by atoms with E-state index >= 15 is 4.39 Å². The molecular weight excluding hydrogens is 535 g/mol. The number of hydrogen-bond donors (Lipinski definition) is 1. The van der Waals surface area contributed by atoms with Crippen LogP contribution in [0.4, 0.5) is 9.18 Å². The number of ether oxygens (including phenoxy) is 1. The topological polar surface area (TPSA) is 98.3 Å². The molecule has 5 aromatic rings. The van der Waals surface area contributed by atoms with Crippen molar-refractivity contribution in [3.8, 4) is 11.3 Å².